The highest BCUT2D eigenvalue weighted by Crippen LogP contribution is 2.10. The minimum absolute atomic E-state index is 0. The van der Waals surface area contributed by atoms with Crippen molar-refractivity contribution in [1.82, 2.24) is 15.5 Å². The van der Waals surface area contributed by atoms with Crippen LogP contribution in [0.3, 0.4) is 0 Å². The lowest BCUT2D eigenvalue weighted by atomic mass is 10.2. The Bertz CT molecular complexity index is 468. The van der Waals surface area contributed by atoms with E-state index in [2.05, 4.69) is 50.9 Å². The fourth-order valence-corrected chi connectivity index (χ4v) is 2.75. The molecule has 2 aliphatic heterocycles. The van der Waals surface area contributed by atoms with Gasteiger partial charge in [-0.05, 0) is 12.0 Å². The minimum Gasteiger partial charge on any atom is -0.374 e. The first-order chi connectivity index (χ1) is 10.4. The summed E-state index contributed by atoms with van der Waals surface area (Å²) in [6.45, 7) is 6.52. The minimum atomic E-state index is 0. The highest BCUT2D eigenvalue weighted by atomic mass is 127. The summed E-state index contributed by atoms with van der Waals surface area (Å²) in [5.74, 6) is 0.921. The molecule has 1 unspecified atom stereocenters. The first kappa shape index (κ1) is 17.5. The Morgan fingerprint density at radius 2 is 2.18 bits per heavy atom. The summed E-state index contributed by atoms with van der Waals surface area (Å²) in [6.07, 6.45) is 1.35. The van der Waals surface area contributed by atoms with Gasteiger partial charge >= 0.3 is 0 Å². The van der Waals surface area contributed by atoms with Crippen LogP contribution in [0.5, 0.6) is 0 Å². The van der Waals surface area contributed by atoms with Gasteiger partial charge in [0.15, 0.2) is 5.96 Å². The van der Waals surface area contributed by atoms with Gasteiger partial charge in [-0.1, -0.05) is 30.3 Å². The van der Waals surface area contributed by atoms with Crippen molar-refractivity contribution in [2.45, 2.75) is 19.1 Å². The second-order valence-corrected chi connectivity index (χ2v) is 5.61. The predicted octanol–water partition coefficient (Wildman–Crippen LogP) is 1.44. The molecule has 3 rings (SSSR count). The van der Waals surface area contributed by atoms with Gasteiger partial charge in [0.25, 0.3) is 0 Å². The Hall–Kier alpha value is -0.860. The zero-order valence-electron chi connectivity index (χ0n) is 12.8. The summed E-state index contributed by atoms with van der Waals surface area (Å²) in [6, 6.07) is 10.6. The molecule has 0 spiro atoms. The molecule has 2 heterocycles. The SMILES string of the molecule is I.c1ccc(CN2CCOC(CNC3=NCCCN3)C2)cc1. The molecule has 0 aliphatic carbocycles. The molecule has 0 radical (unpaired) electrons. The third-order valence-electron chi connectivity index (χ3n) is 3.87. The van der Waals surface area contributed by atoms with E-state index < -0.39 is 0 Å². The lowest BCUT2D eigenvalue weighted by molar-refractivity contribution is -0.0281. The molecule has 5 nitrogen and oxygen atoms in total. The van der Waals surface area contributed by atoms with Crippen LogP contribution in [0.1, 0.15) is 12.0 Å². The number of ether oxygens (including phenoxy) is 1. The van der Waals surface area contributed by atoms with Crippen molar-refractivity contribution in [3.8, 4) is 0 Å². The standard InChI is InChI=1S/C16H24N4O.HI/c1-2-5-14(6-3-1)12-20-9-10-21-15(13-20)11-19-16-17-7-4-8-18-16;/h1-3,5-6,15H,4,7-13H2,(H2,17,18,19);1H. The zero-order valence-corrected chi connectivity index (χ0v) is 15.2. The Morgan fingerprint density at radius 1 is 1.32 bits per heavy atom. The van der Waals surface area contributed by atoms with Crippen LogP contribution < -0.4 is 10.6 Å². The van der Waals surface area contributed by atoms with Crippen LogP contribution in [0, 0.1) is 0 Å². The summed E-state index contributed by atoms with van der Waals surface area (Å²) in [7, 11) is 0. The summed E-state index contributed by atoms with van der Waals surface area (Å²) in [5, 5.41) is 6.64. The Morgan fingerprint density at radius 3 is 2.95 bits per heavy atom. The van der Waals surface area contributed by atoms with Crippen LogP contribution in [0.2, 0.25) is 0 Å². The van der Waals surface area contributed by atoms with E-state index in [1.165, 1.54) is 5.56 Å². The van der Waals surface area contributed by atoms with Crippen molar-refractivity contribution in [1.29, 1.82) is 0 Å². The topological polar surface area (TPSA) is 48.9 Å². The number of morpholine rings is 1. The lowest BCUT2D eigenvalue weighted by Crippen LogP contribution is -2.50. The molecule has 1 aromatic carbocycles. The molecule has 0 aromatic heterocycles. The molecule has 1 saturated heterocycles. The van der Waals surface area contributed by atoms with Crippen molar-refractivity contribution in [2.24, 2.45) is 4.99 Å². The van der Waals surface area contributed by atoms with Crippen molar-refractivity contribution in [2.75, 3.05) is 39.3 Å². The summed E-state index contributed by atoms with van der Waals surface area (Å²) in [4.78, 5) is 6.89. The first-order valence-corrected chi connectivity index (χ1v) is 7.80. The number of guanidine groups is 1. The van der Waals surface area contributed by atoms with Gasteiger partial charge in [0.2, 0.25) is 0 Å². The van der Waals surface area contributed by atoms with Gasteiger partial charge in [-0.3, -0.25) is 9.89 Å². The Balaban J connectivity index is 0.00000176. The molecule has 122 valence electrons. The van der Waals surface area contributed by atoms with Crippen LogP contribution in [-0.2, 0) is 11.3 Å². The molecule has 0 bridgehead atoms. The number of nitrogens with zero attached hydrogens (tertiary/aromatic N) is 2. The normalized spacial score (nSPS) is 22.2. The smallest absolute Gasteiger partial charge is 0.191 e. The highest BCUT2D eigenvalue weighted by molar-refractivity contribution is 14.0. The monoisotopic (exact) mass is 416 g/mol. The molecule has 2 aliphatic rings. The van der Waals surface area contributed by atoms with Crippen molar-refractivity contribution in [3.63, 3.8) is 0 Å². The number of halogens is 1. The number of nitrogens with one attached hydrogen (secondary N) is 2. The average molecular weight is 416 g/mol. The molecule has 1 fully saturated rings. The maximum Gasteiger partial charge on any atom is 0.191 e. The summed E-state index contributed by atoms with van der Waals surface area (Å²) >= 11 is 0. The van der Waals surface area contributed by atoms with Crippen LogP contribution in [0.15, 0.2) is 35.3 Å². The van der Waals surface area contributed by atoms with Crippen LogP contribution in [0.4, 0.5) is 0 Å². The van der Waals surface area contributed by atoms with Crippen molar-refractivity contribution >= 4 is 29.9 Å². The number of aliphatic imine (C=N–C) groups is 1. The average Bonchev–Trinajstić information content (AvgIpc) is 2.55. The van der Waals surface area contributed by atoms with E-state index in [-0.39, 0.29) is 30.1 Å². The van der Waals surface area contributed by atoms with E-state index in [4.69, 9.17) is 4.74 Å². The van der Waals surface area contributed by atoms with Gasteiger partial charge in [0.1, 0.15) is 0 Å². The number of hydrogen-bond acceptors (Lipinski definition) is 5. The van der Waals surface area contributed by atoms with E-state index in [1.807, 2.05) is 0 Å². The summed E-state index contributed by atoms with van der Waals surface area (Å²) in [5.41, 5.74) is 1.37. The Kier molecular flexibility index (Phi) is 7.41. The molecular formula is C16H25IN4O. The van der Waals surface area contributed by atoms with Crippen LogP contribution in [0.25, 0.3) is 0 Å². The molecule has 22 heavy (non-hydrogen) atoms. The quantitative estimate of drug-likeness (QED) is 0.730. The zero-order chi connectivity index (χ0) is 14.3. The van der Waals surface area contributed by atoms with Crippen LogP contribution >= 0.6 is 24.0 Å². The fraction of sp³-hybridized carbons (Fsp3) is 0.562. The maximum absolute atomic E-state index is 5.85. The van der Waals surface area contributed by atoms with Crippen LogP contribution in [-0.4, -0.2) is 56.3 Å². The molecule has 0 saturated carbocycles. The van der Waals surface area contributed by atoms with Gasteiger partial charge in [-0.2, -0.15) is 0 Å². The van der Waals surface area contributed by atoms with Gasteiger partial charge in [0.05, 0.1) is 12.7 Å². The highest BCUT2D eigenvalue weighted by Gasteiger charge is 2.20. The second-order valence-electron chi connectivity index (χ2n) is 5.61. The molecular weight excluding hydrogens is 391 g/mol. The molecule has 1 aromatic rings. The molecule has 1 atom stereocenters. The fourth-order valence-electron chi connectivity index (χ4n) is 2.75. The third kappa shape index (κ3) is 5.40. The van der Waals surface area contributed by atoms with Crippen molar-refractivity contribution < 1.29 is 4.74 Å². The van der Waals surface area contributed by atoms with Gasteiger partial charge in [0, 0.05) is 39.3 Å². The number of hydrogen-bond donors (Lipinski definition) is 2. The molecule has 0 amide bonds. The molecule has 6 heteroatoms. The van der Waals surface area contributed by atoms with E-state index >= 15 is 0 Å². The van der Waals surface area contributed by atoms with Gasteiger partial charge < -0.3 is 15.4 Å². The largest absolute Gasteiger partial charge is 0.374 e. The van der Waals surface area contributed by atoms with E-state index in [0.717, 1.165) is 58.3 Å². The maximum atomic E-state index is 5.85. The van der Waals surface area contributed by atoms with E-state index in [9.17, 15) is 0 Å². The van der Waals surface area contributed by atoms with E-state index in [1.54, 1.807) is 0 Å². The number of benzene rings is 1. The number of rotatable bonds is 4. The van der Waals surface area contributed by atoms with Crippen molar-refractivity contribution in [3.05, 3.63) is 35.9 Å². The van der Waals surface area contributed by atoms with Gasteiger partial charge in [-0.25, -0.2) is 0 Å². The second kappa shape index (κ2) is 9.32. The first-order valence-electron chi connectivity index (χ1n) is 7.80. The lowest BCUT2D eigenvalue weighted by Gasteiger charge is -2.33. The molecule has 2 N–H and O–H groups in total. The van der Waals surface area contributed by atoms with E-state index in [0.29, 0.717) is 0 Å². The predicted molar refractivity (Wildman–Crippen MR) is 99.8 cm³/mol. The van der Waals surface area contributed by atoms with Gasteiger partial charge in [-0.15, -0.1) is 24.0 Å². The summed E-state index contributed by atoms with van der Waals surface area (Å²) < 4.78 is 5.85. The third-order valence-corrected chi connectivity index (χ3v) is 3.87. The Labute approximate surface area is 149 Å².